The van der Waals surface area contributed by atoms with Crippen LogP contribution >= 0.6 is 0 Å². The van der Waals surface area contributed by atoms with E-state index in [1.807, 2.05) is 35.2 Å². The quantitative estimate of drug-likeness (QED) is 0.793. The van der Waals surface area contributed by atoms with Crippen LogP contribution in [0.15, 0.2) is 54.6 Å². The highest BCUT2D eigenvalue weighted by atomic mass is 16.2. The van der Waals surface area contributed by atoms with Gasteiger partial charge in [0.25, 0.3) is 5.91 Å². The second kappa shape index (κ2) is 8.85. The van der Waals surface area contributed by atoms with Crippen molar-refractivity contribution in [1.82, 2.24) is 10.2 Å². The van der Waals surface area contributed by atoms with Crippen LogP contribution in [0.3, 0.4) is 0 Å². The van der Waals surface area contributed by atoms with Crippen molar-refractivity contribution in [2.24, 2.45) is 5.92 Å². The number of carbonyl (C=O) groups excluding carboxylic acids is 2. The van der Waals surface area contributed by atoms with Gasteiger partial charge in [0, 0.05) is 31.1 Å². The lowest BCUT2D eigenvalue weighted by Gasteiger charge is -2.18. The van der Waals surface area contributed by atoms with Crippen molar-refractivity contribution in [3.05, 3.63) is 71.3 Å². The number of rotatable bonds is 6. The van der Waals surface area contributed by atoms with Crippen LogP contribution < -0.4 is 5.32 Å². The number of aryl methyl sites for hydroxylation is 1. The fraction of sp³-hybridized carbons (Fsp3) is 0.391. The number of nitrogens with one attached hydrogen (secondary N) is 1. The normalized spacial score (nSPS) is 19.1. The van der Waals surface area contributed by atoms with Gasteiger partial charge in [0.2, 0.25) is 5.91 Å². The Morgan fingerprint density at radius 3 is 2.41 bits per heavy atom. The van der Waals surface area contributed by atoms with Crippen molar-refractivity contribution >= 4 is 11.8 Å². The van der Waals surface area contributed by atoms with Crippen molar-refractivity contribution in [2.45, 2.75) is 32.6 Å². The number of likely N-dealkylation sites (tertiary alicyclic amines) is 1. The van der Waals surface area contributed by atoms with E-state index < -0.39 is 0 Å². The molecule has 1 aliphatic rings. The van der Waals surface area contributed by atoms with Gasteiger partial charge < -0.3 is 10.2 Å². The fourth-order valence-corrected chi connectivity index (χ4v) is 3.67. The zero-order chi connectivity index (χ0) is 19.2. The highest BCUT2D eigenvalue weighted by molar-refractivity contribution is 5.95. The molecule has 4 heteroatoms. The van der Waals surface area contributed by atoms with Gasteiger partial charge in [-0.1, -0.05) is 61.4 Å². The van der Waals surface area contributed by atoms with E-state index in [9.17, 15) is 9.59 Å². The molecule has 27 heavy (non-hydrogen) atoms. The maximum atomic E-state index is 12.9. The van der Waals surface area contributed by atoms with Gasteiger partial charge in [0.05, 0.1) is 5.92 Å². The molecule has 1 N–H and O–H groups in total. The first-order valence-electron chi connectivity index (χ1n) is 9.78. The minimum absolute atomic E-state index is 0.00318. The molecule has 0 radical (unpaired) electrons. The van der Waals surface area contributed by atoms with Gasteiger partial charge in [-0.25, -0.2) is 0 Å². The van der Waals surface area contributed by atoms with Gasteiger partial charge >= 0.3 is 0 Å². The zero-order valence-corrected chi connectivity index (χ0v) is 16.2. The molecule has 3 rings (SSSR count). The van der Waals surface area contributed by atoms with E-state index in [0.717, 1.165) is 18.4 Å². The standard InChI is InChI=1S/C23H28N2O2/c1-3-4-14-24-22(26)21-16-25(23(27)19-8-6-5-7-9-19)15-20(21)18-12-10-17(2)11-13-18/h5-13,20-21H,3-4,14-16H2,1-2H3,(H,24,26)/t20-,21-/m1/s1. The average Bonchev–Trinajstić information content (AvgIpc) is 3.14. The summed E-state index contributed by atoms with van der Waals surface area (Å²) in [5.74, 6) is -0.133. The molecule has 2 atom stereocenters. The summed E-state index contributed by atoms with van der Waals surface area (Å²) in [4.78, 5) is 27.6. The van der Waals surface area contributed by atoms with Crippen LogP contribution in [0.1, 0.15) is 47.2 Å². The summed E-state index contributed by atoms with van der Waals surface area (Å²) in [7, 11) is 0. The SMILES string of the molecule is CCCCNC(=O)[C@@H]1CN(C(=O)c2ccccc2)C[C@@H]1c1ccc(C)cc1. The minimum Gasteiger partial charge on any atom is -0.356 e. The minimum atomic E-state index is -0.211. The van der Waals surface area contributed by atoms with E-state index in [2.05, 4.69) is 43.4 Å². The van der Waals surface area contributed by atoms with E-state index in [1.54, 1.807) is 0 Å². The smallest absolute Gasteiger partial charge is 0.253 e. The van der Waals surface area contributed by atoms with E-state index in [4.69, 9.17) is 0 Å². The summed E-state index contributed by atoms with van der Waals surface area (Å²) in [5.41, 5.74) is 2.99. The van der Waals surface area contributed by atoms with Crippen molar-refractivity contribution in [3.8, 4) is 0 Å². The monoisotopic (exact) mass is 364 g/mol. The number of carbonyl (C=O) groups is 2. The molecule has 0 bridgehead atoms. The number of benzene rings is 2. The molecular weight excluding hydrogens is 336 g/mol. The molecular formula is C23H28N2O2. The number of amides is 2. The average molecular weight is 364 g/mol. The van der Waals surface area contributed by atoms with E-state index in [1.165, 1.54) is 5.56 Å². The highest BCUT2D eigenvalue weighted by Crippen LogP contribution is 2.34. The van der Waals surface area contributed by atoms with Crippen LogP contribution in [0.4, 0.5) is 0 Å². The Hall–Kier alpha value is -2.62. The molecule has 0 saturated carbocycles. The first-order chi connectivity index (χ1) is 13.1. The Morgan fingerprint density at radius 1 is 1.04 bits per heavy atom. The molecule has 2 aromatic carbocycles. The molecule has 1 heterocycles. The summed E-state index contributed by atoms with van der Waals surface area (Å²) in [5, 5.41) is 3.06. The molecule has 0 unspecified atom stereocenters. The lowest BCUT2D eigenvalue weighted by Crippen LogP contribution is -2.36. The number of hydrogen-bond acceptors (Lipinski definition) is 2. The first kappa shape index (κ1) is 19.2. The Kier molecular flexibility index (Phi) is 6.28. The maximum absolute atomic E-state index is 12.9. The third kappa shape index (κ3) is 4.57. The Balaban J connectivity index is 1.80. The molecule has 4 nitrogen and oxygen atoms in total. The van der Waals surface area contributed by atoms with Crippen LogP contribution in [-0.2, 0) is 4.79 Å². The summed E-state index contributed by atoms with van der Waals surface area (Å²) in [6, 6.07) is 17.6. The largest absolute Gasteiger partial charge is 0.356 e. The number of nitrogens with zero attached hydrogens (tertiary/aromatic N) is 1. The topological polar surface area (TPSA) is 49.4 Å². The second-order valence-electron chi connectivity index (χ2n) is 7.34. The van der Waals surface area contributed by atoms with Gasteiger partial charge in [-0.2, -0.15) is 0 Å². The van der Waals surface area contributed by atoms with Gasteiger partial charge in [-0.05, 0) is 31.0 Å². The maximum Gasteiger partial charge on any atom is 0.253 e. The lowest BCUT2D eigenvalue weighted by atomic mass is 9.88. The molecule has 142 valence electrons. The molecule has 0 aromatic heterocycles. The van der Waals surface area contributed by atoms with Crippen molar-refractivity contribution < 1.29 is 9.59 Å². The Morgan fingerprint density at radius 2 is 1.74 bits per heavy atom. The van der Waals surface area contributed by atoms with Gasteiger partial charge in [0.1, 0.15) is 0 Å². The molecule has 1 saturated heterocycles. The third-order valence-corrected chi connectivity index (χ3v) is 5.30. The Labute approximate surface area is 161 Å². The predicted molar refractivity (Wildman–Crippen MR) is 108 cm³/mol. The predicted octanol–water partition coefficient (Wildman–Crippen LogP) is 3.77. The number of hydrogen-bond donors (Lipinski definition) is 1. The van der Waals surface area contributed by atoms with Gasteiger partial charge in [-0.15, -0.1) is 0 Å². The zero-order valence-electron chi connectivity index (χ0n) is 16.2. The third-order valence-electron chi connectivity index (χ3n) is 5.30. The molecule has 0 spiro atoms. The molecule has 1 aliphatic heterocycles. The number of unbranched alkanes of at least 4 members (excludes halogenated alkanes) is 1. The summed E-state index contributed by atoms with van der Waals surface area (Å²) < 4.78 is 0. The molecule has 2 aromatic rings. The lowest BCUT2D eigenvalue weighted by molar-refractivity contribution is -0.124. The highest BCUT2D eigenvalue weighted by Gasteiger charge is 2.40. The van der Waals surface area contributed by atoms with Crippen molar-refractivity contribution in [1.29, 1.82) is 0 Å². The van der Waals surface area contributed by atoms with E-state index >= 15 is 0 Å². The van der Waals surface area contributed by atoms with Crippen LogP contribution in [0, 0.1) is 12.8 Å². The first-order valence-corrected chi connectivity index (χ1v) is 9.78. The van der Waals surface area contributed by atoms with Crippen LogP contribution in [-0.4, -0.2) is 36.3 Å². The summed E-state index contributed by atoms with van der Waals surface area (Å²) in [6.07, 6.45) is 2.02. The van der Waals surface area contributed by atoms with Crippen LogP contribution in [0.25, 0.3) is 0 Å². The summed E-state index contributed by atoms with van der Waals surface area (Å²) >= 11 is 0. The van der Waals surface area contributed by atoms with Crippen LogP contribution in [0.5, 0.6) is 0 Å². The molecule has 1 fully saturated rings. The second-order valence-corrected chi connectivity index (χ2v) is 7.34. The molecule has 0 aliphatic carbocycles. The van der Waals surface area contributed by atoms with Gasteiger partial charge in [0.15, 0.2) is 0 Å². The van der Waals surface area contributed by atoms with Crippen molar-refractivity contribution in [3.63, 3.8) is 0 Å². The molecule has 2 amide bonds. The Bertz CT molecular complexity index is 771. The fourth-order valence-electron chi connectivity index (χ4n) is 3.67. The van der Waals surface area contributed by atoms with E-state index in [0.29, 0.717) is 25.2 Å². The van der Waals surface area contributed by atoms with E-state index in [-0.39, 0.29) is 23.7 Å². The van der Waals surface area contributed by atoms with Gasteiger partial charge in [-0.3, -0.25) is 9.59 Å². The van der Waals surface area contributed by atoms with Crippen molar-refractivity contribution in [2.75, 3.05) is 19.6 Å². The van der Waals surface area contributed by atoms with Crippen LogP contribution in [0.2, 0.25) is 0 Å². The summed E-state index contributed by atoms with van der Waals surface area (Å²) in [6.45, 7) is 5.89.